The number of amides is 4. The van der Waals surface area contributed by atoms with Crippen molar-refractivity contribution in [1.82, 2.24) is 30.3 Å². The minimum Gasteiger partial charge on any atom is -0.444 e. The van der Waals surface area contributed by atoms with Gasteiger partial charge >= 0.3 is 6.09 Å². The van der Waals surface area contributed by atoms with E-state index in [0.717, 1.165) is 73.4 Å². The third-order valence-corrected chi connectivity index (χ3v) is 11.3. The van der Waals surface area contributed by atoms with Crippen LogP contribution in [0, 0.1) is 12.3 Å². The molecule has 1 aromatic heterocycles. The average molecular weight is 783 g/mol. The number of nitrogens with zero attached hydrogens (tertiary/aromatic N) is 4. The number of aryl methyl sites for hydroxylation is 1. The summed E-state index contributed by atoms with van der Waals surface area (Å²) in [6.45, 7) is 18.0. The Kier molecular flexibility index (Phi) is 16.5. The molecule has 4 amide bonds. The van der Waals surface area contributed by atoms with Crippen LogP contribution in [0.1, 0.15) is 117 Å². The SMILES string of the molecule is Cc1ncsc1-c1ccc(CNC(=O)[C@@H]2C[C@@H](O)CN2C(=O)C(NC(=O)CCCCCCCCCCN2CCN(C(=O)OC(C)(C)C)CC2)C(C)(C)C)cc1. The number of aliphatic hydroxyl groups excluding tert-OH is 1. The lowest BCUT2D eigenvalue weighted by Gasteiger charge is -2.35. The molecule has 0 bridgehead atoms. The lowest BCUT2D eigenvalue weighted by molar-refractivity contribution is -0.144. The van der Waals surface area contributed by atoms with Crippen LogP contribution in [0.3, 0.4) is 0 Å². The summed E-state index contributed by atoms with van der Waals surface area (Å²) < 4.78 is 5.49. The molecule has 0 saturated carbocycles. The van der Waals surface area contributed by atoms with Gasteiger partial charge in [0.05, 0.1) is 22.2 Å². The topological polar surface area (TPSA) is 144 Å². The number of hydrogen-bond donors (Lipinski definition) is 3. The molecule has 3 N–H and O–H groups in total. The van der Waals surface area contributed by atoms with E-state index in [1.165, 1.54) is 24.2 Å². The van der Waals surface area contributed by atoms with E-state index in [4.69, 9.17) is 4.74 Å². The Hall–Kier alpha value is -3.55. The number of aromatic nitrogens is 1. The summed E-state index contributed by atoms with van der Waals surface area (Å²) in [5.41, 5.74) is 3.75. The molecule has 0 radical (unpaired) electrons. The van der Waals surface area contributed by atoms with Gasteiger partial charge in [-0.05, 0) is 63.6 Å². The molecule has 2 saturated heterocycles. The largest absolute Gasteiger partial charge is 0.444 e. The van der Waals surface area contributed by atoms with Gasteiger partial charge in [-0.2, -0.15) is 0 Å². The number of nitrogens with one attached hydrogen (secondary N) is 2. The Balaban J connectivity index is 1.11. The Bertz CT molecular complexity index is 1540. The van der Waals surface area contributed by atoms with Crippen LogP contribution >= 0.6 is 11.3 Å². The molecule has 2 aliphatic rings. The van der Waals surface area contributed by atoms with Crippen molar-refractivity contribution in [2.75, 3.05) is 39.3 Å². The van der Waals surface area contributed by atoms with Crippen molar-refractivity contribution < 1.29 is 29.0 Å². The molecule has 3 atom stereocenters. The van der Waals surface area contributed by atoms with E-state index in [2.05, 4.69) is 20.5 Å². The van der Waals surface area contributed by atoms with E-state index in [9.17, 15) is 24.3 Å². The lowest BCUT2D eigenvalue weighted by Crippen LogP contribution is -2.57. The third-order valence-electron chi connectivity index (χ3n) is 10.4. The zero-order valence-corrected chi connectivity index (χ0v) is 35.1. The second-order valence-electron chi connectivity index (χ2n) is 17.3. The lowest BCUT2D eigenvalue weighted by atomic mass is 9.85. The highest BCUT2D eigenvalue weighted by Crippen LogP contribution is 2.28. The van der Waals surface area contributed by atoms with E-state index in [1.807, 2.05) is 78.2 Å². The van der Waals surface area contributed by atoms with Crippen LogP contribution < -0.4 is 10.6 Å². The van der Waals surface area contributed by atoms with Gasteiger partial charge in [-0.25, -0.2) is 9.78 Å². The number of benzene rings is 1. The van der Waals surface area contributed by atoms with Gasteiger partial charge in [-0.3, -0.25) is 19.3 Å². The van der Waals surface area contributed by atoms with Gasteiger partial charge in [0.1, 0.15) is 17.7 Å². The fourth-order valence-corrected chi connectivity index (χ4v) is 7.99. The van der Waals surface area contributed by atoms with E-state index >= 15 is 0 Å². The van der Waals surface area contributed by atoms with Crippen molar-refractivity contribution in [3.8, 4) is 10.4 Å². The Morgan fingerprint density at radius 1 is 0.909 bits per heavy atom. The van der Waals surface area contributed by atoms with Crippen LogP contribution in [-0.2, 0) is 25.7 Å². The zero-order chi connectivity index (χ0) is 40.2. The number of carbonyl (C=O) groups excluding carboxylic acids is 4. The quantitative estimate of drug-likeness (QED) is 0.159. The molecule has 1 unspecified atom stereocenters. The molecule has 2 aliphatic heterocycles. The third kappa shape index (κ3) is 14.2. The van der Waals surface area contributed by atoms with E-state index in [0.29, 0.717) is 26.1 Å². The zero-order valence-electron chi connectivity index (χ0n) is 34.3. The number of likely N-dealkylation sites (tertiary alicyclic amines) is 1. The summed E-state index contributed by atoms with van der Waals surface area (Å²) in [7, 11) is 0. The summed E-state index contributed by atoms with van der Waals surface area (Å²) in [4.78, 5) is 63.8. The smallest absolute Gasteiger partial charge is 0.410 e. The predicted octanol–water partition coefficient (Wildman–Crippen LogP) is 6.29. The van der Waals surface area contributed by atoms with Crippen molar-refractivity contribution in [2.45, 2.75) is 143 Å². The normalized spacial score (nSPS) is 18.6. The first-order valence-electron chi connectivity index (χ1n) is 20.3. The Morgan fingerprint density at radius 3 is 2.11 bits per heavy atom. The highest BCUT2D eigenvalue weighted by molar-refractivity contribution is 7.13. The Morgan fingerprint density at radius 2 is 1.53 bits per heavy atom. The molecule has 55 heavy (non-hydrogen) atoms. The fraction of sp³-hybridized carbons (Fsp3) is 0.690. The number of piperazine rings is 1. The van der Waals surface area contributed by atoms with Crippen LogP contribution in [0.4, 0.5) is 4.79 Å². The molecule has 2 aromatic rings. The summed E-state index contributed by atoms with van der Waals surface area (Å²) >= 11 is 1.59. The van der Waals surface area contributed by atoms with Crippen molar-refractivity contribution in [3.63, 3.8) is 0 Å². The van der Waals surface area contributed by atoms with Gasteiger partial charge in [0.2, 0.25) is 17.7 Å². The second kappa shape index (κ2) is 20.6. The standard InChI is InChI=1S/C42H66N6O6S/c1-30-36(55-29-44-30)32-19-17-31(18-20-32)27-43-38(51)34-26-33(49)28-48(34)39(52)37(41(2,3)4)45-35(50)16-14-12-10-8-9-11-13-15-21-46-22-24-47(25-23-46)40(53)54-42(5,6)7/h17-20,29,33-34,37,49H,8-16,21-28H2,1-7H3,(H,43,51)(H,45,50)/t33-,34+,37?/m1/s1. The Labute approximate surface area is 332 Å². The first kappa shape index (κ1) is 44.2. The summed E-state index contributed by atoms with van der Waals surface area (Å²) in [5, 5.41) is 16.5. The molecular weight excluding hydrogens is 717 g/mol. The van der Waals surface area contributed by atoms with Gasteiger partial charge in [-0.1, -0.05) is 83.6 Å². The molecule has 13 heteroatoms. The minimum absolute atomic E-state index is 0.0507. The van der Waals surface area contributed by atoms with Crippen molar-refractivity contribution >= 4 is 35.2 Å². The monoisotopic (exact) mass is 782 g/mol. The van der Waals surface area contributed by atoms with Gasteiger partial charge in [-0.15, -0.1) is 11.3 Å². The van der Waals surface area contributed by atoms with Gasteiger partial charge in [0, 0.05) is 52.1 Å². The number of aliphatic hydroxyl groups is 1. The van der Waals surface area contributed by atoms with Crippen molar-refractivity contribution in [1.29, 1.82) is 0 Å². The average Bonchev–Trinajstić information content (AvgIpc) is 3.74. The van der Waals surface area contributed by atoms with Crippen LogP contribution in [-0.4, -0.2) is 112 Å². The molecule has 0 aliphatic carbocycles. The van der Waals surface area contributed by atoms with E-state index < -0.39 is 29.2 Å². The predicted molar refractivity (Wildman–Crippen MR) is 217 cm³/mol. The summed E-state index contributed by atoms with van der Waals surface area (Å²) in [5.74, 6) is -0.829. The number of thiazole rings is 1. The fourth-order valence-electron chi connectivity index (χ4n) is 7.18. The van der Waals surface area contributed by atoms with Crippen LogP contribution in [0.15, 0.2) is 29.8 Å². The first-order valence-corrected chi connectivity index (χ1v) is 21.1. The van der Waals surface area contributed by atoms with Crippen LogP contribution in [0.25, 0.3) is 10.4 Å². The number of ether oxygens (including phenoxy) is 1. The van der Waals surface area contributed by atoms with Gasteiger partial charge in [0.15, 0.2) is 0 Å². The van der Waals surface area contributed by atoms with E-state index in [-0.39, 0.29) is 36.8 Å². The summed E-state index contributed by atoms with van der Waals surface area (Å²) in [6.07, 6.45) is 8.10. The van der Waals surface area contributed by atoms with Gasteiger partial charge in [0.25, 0.3) is 0 Å². The summed E-state index contributed by atoms with van der Waals surface area (Å²) in [6, 6.07) is 6.33. The molecule has 2 fully saturated rings. The van der Waals surface area contributed by atoms with Crippen molar-refractivity contribution in [2.24, 2.45) is 5.41 Å². The molecule has 3 heterocycles. The number of carbonyl (C=O) groups is 4. The van der Waals surface area contributed by atoms with Crippen LogP contribution in [0.5, 0.6) is 0 Å². The molecule has 1 aromatic carbocycles. The molecular formula is C42H66N6O6S. The second-order valence-corrected chi connectivity index (χ2v) is 18.2. The van der Waals surface area contributed by atoms with Crippen LogP contribution in [0.2, 0.25) is 0 Å². The number of β-amino-alcohol motifs (C(OH)–C–C–N with tert-alkyl or cyclic N) is 1. The first-order chi connectivity index (χ1) is 26.0. The number of hydrogen-bond acceptors (Lipinski definition) is 9. The molecule has 4 rings (SSSR count). The number of rotatable bonds is 17. The molecule has 306 valence electrons. The maximum Gasteiger partial charge on any atom is 0.410 e. The maximum absolute atomic E-state index is 13.9. The van der Waals surface area contributed by atoms with Crippen molar-refractivity contribution in [3.05, 3.63) is 41.0 Å². The minimum atomic E-state index is -0.822. The maximum atomic E-state index is 13.9. The van der Waals surface area contributed by atoms with E-state index in [1.54, 1.807) is 16.2 Å². The molecule has 12 nitrogen and oxygen atoms in total. The highest BCUT2D eigenvalue weighted by atomic mass is 32.1. The van der Waals surface area contributed by atoms with Gasteiger partial charge < -0.3 is 30.3 Å². The highest BCUT2D eigenvalue weighted by Gasteiger charge is 2.44. The molecule has 0 spiro atoms. The number of unbranched alkanes of at least 4 members (excludes halogenated alkanes) is 7.